The number of aromatic nitrogens is 5. The average Bonchev–Trinajstić information content (AvgIpc) is 3.84. The Morgan fingerprint density at radius 2 is 1.35 bits per heavy atom. The Morgan fingerprint density at radius 3 is 2.13 bits per heavy atom. The molecule has 0 unspecified atom stereocenters. The lowest BCUT2D eigenvalue weighted by Gasteiger charge is -2.28. The molecule has 0 spiro atoms. The molecular formula is C51H64N8O8S. The third-order valence-corrected chi connectivity index (χ3v) is 13.1. The summed E-state index contributed by atoms with van der Waals surface area (Å²) in [6, 6.07) is 26.7. The fourth-order valence-electron chi connectivity index (χ4n) is 8.27. The Morgan fingerprint density at radius 1 is 0.676 bits per heavy atom. The van der Waals surface area contributed by atoms with Crippen molar-refractivity contribution in [3.63, 3.8) is 0 Å². The summed E-state index contributed by atoms with van der Waals surface area (Å²) in [4.78, 5) is 53.5. The summed E-state index contributed by atoms with van der Waals surface area (Å²) in [5.74, 6) is 0.726. The quantitative estimate of drug-likeness (QED) is 0.0911. The molecule has 0 aliphatic carbocycles. The average molecular weight is 949 g/mol. The largest absolute Gasteiger partial charge is 0.477 e. The number of Topliss-reactive ketones (excluding diaryl/α,β-unsaturated/α-hetero) is 1. The Balaban J connectivity index is 0.845. The summed E-state index contributed by atoms with van der Waals surface area (Å²) in [6.45, 7) is 7.68. The Hall–Kier alpha value is -5.40. The number of anilines is 1. The zero-order valence-electron chi connectivity index (χ0n) is 38.8. The van der Waals surface area contributed by atoms with Gasteiger partial charge in [0, 0.05) is 81.6 Å². The molecule has 68 heavy (non-hydrogen) atoms. The maximum absolute atomic E-state index is 13.8. The van der Waals surface area contributed by atoms with Crippen molar-refractivity contribution in [1.29, 1.82) is 0 Å². The van der Waals surface area contributed by atoms with Crippen LogP contribution in [0.3, 0.4) is 0 Å². The van der Waals surface area contributed by atoms with E-state index in [0.29, 0.717) is 103 Å². The van der Waals surface area contributed by atoms with E-state index in [0.717, 1.165) is 77.5 Å². The number of amides is 1. The van der Waals surface area contributed by atoms with E-state index in [1.807, 2.05) is 90.8 Å². The number of ketones is 1. The van der Waals surface area contributed by atoms with E-state index >= 15 is 0 Å². The van der Waals surface area contributed by atoms with Crippen molar-refractivity contribution in [2.24, 2.45) is 0 Å². The normalized spacial score (nSPS) is 17.1. The van der Waals surface area contributed by atoms with Crippen LogP contribution in [-0.2, 0) is 48.2 Å². The summed E-state index contributed by atoms with van der Waals surface area (Å²) in [5.41, 5.74) is 6.64. The number of unbranched alkanes of at least 4 members (excludes halogenated alkanes) is 3. The number of H-pyrrole nitrogens is 1. The summed E-state index contributed by atoms with van der Waals surface area (Å²) in [6.07, 6.45) is 6.33. The van der Waals surface area contributed by atoms with Crippen molar-refractivity contribution >= 4 is 35.1 Å². The monoisotopic (exact) mass is 948 g/mol. The predicted molar refractivity (Wildman–Crippen MR) is 261 cm³/mol. The maximum Gasteiger partial charge on any atom is 0.354 e. The number of aromatic amines is 1. The third-order valence-electron chi connectivity index (χ3n) is 11.9. The number of carbonyl (C=O) groups is 3. The number of para-hydroxylation sites is 1. The molecule has 0 radical (unpaired) electrons. The molecule has 362 valence electrons. The lowest BCUT2D eigenvalue weighted by molar-refractivity contribution is -0.124. The van der Waals surface area contributed by atoms with Crippen LogP contribution >= 0.6 is 11.8 Å². The lowest BCUT2D eigenvalue weighted by atomic mass is 9.95. The SMILES string of the molecule is O=C(CCCCCCSC[C@@H]1COCCN(Cc2cccc(C(=O)O)n2)CCOCCOCCN(Cc2ccccn2)CCO1)CCC(=O)N1Cc2ccccc2-c2n[nH]nc2-c2ccccc21. The maximum atomic E-state index is 13.8. The van der Waals surface area contributed by atoms with E-state index in [-0.39, 0.29) is 36.3 Å². The number of fused-ring (bicyclic) bond motifs is 5. The molecule has 17 heteroatoms. The molecule has 1 fully saturated rings. The molecule has 5 aromatic rings. The number of carboxylic acids is 1. The van der Waals surface area contributed by atoms with Crippen molar-refractivity contribution in [1.82, 2.24) is 35.2 Å². The molecule has 0 bridgehead atoms. The van der Waals surface area contributed by atoms with Crippen LogP contribution in [0.4, 0.5) is 5.69 Å². The van der Waals surface area contributed by atoms with Crippen LogP contribution in [0.25, 0.3) is 22.5 Å². The number of hydrogen-bond acceptors (Lipinski definition) is 14. The molecule has 2 aromatic carbocycles. The van der Waals surface area contributed by atoms with Gasteiger partial charge < -0.3 is 29.0 Å². The van der Waals surface area contributed by atoms with Gasteiger partial charge in [0.1, 0.15) is 22.9 Å². The molecule has 3 aromatic heterocycles. The van der Waals surface area contributed by atoms with E-state index in [2.05, 4.69) is 35.2 Å². The van der Waals surface area contributed by atoms with E-state index in [4.69, 9.17) is 18.9 Å². The van der Waals surface area contributed by atoms with Gasteiger partial charge >= 0.3 is 5.97 Å². The highest BCUT2D eigenvalue weighted by Gasteiger charge is 2.28. The van der Waals surface area contributed by atoms with Crippen LogP contribution in [0.2, 0.25) is 0 Å². The molecule has 2 N–H and O–H groups in total. The van der Waals surface area contributed by atoms with Crippen LogP contribution in [0, 0.1) is 0 Å². The second-order valence-corrected chi connectivity index (χ2v) is 18.1. The third kappa shape index (κ3) is 15.8. The Labute approximate surface area is 403 Å². The minimum absolute atomic E-state index is 0.0205. The molecule has 16 nitrogen and oxygen atoms in total. The first kappa shape index (κ1) is 50.5. The molecule has 2 aliphatic rings. The van der Waals surface area contributed by atoms with E-state index in [1.54, 1.807) is 11.0 Å². The van der Waals surface area contributed by atoms with E-state index in [9.17, 15) is 19.5 Å². The van der Waals surface area contributed by atoms with E-state index in [1.165, 1.54) is 6.07 Å². The standard InChI is InChI=1S/C51H64N8O8S/c60-42(20-21-48(61)59-34-39-12-4-5-16-44(39)49-50(55-56-54-49)45-17-6-7-19-47(45)59)15-3-1-2-10-33-68-38-43-37-66-29-25-57(36-41-14-11-18-46(53-41)51(62)63)23-27-64-31-32-65-28-24-58(26-30-67-43)35-40-13-8-9-22-52-40/h4-9,11-14,16-19,22,43H,1-3,10,15,20-21,23-38H2,(H,62,63)(H,54,55,56)/t43-/m0/s1. The van der Waals surface area contributed by atoms with Gasteiger partial charge in [0.15, 0.2) is 0 Å². The second-order valence-electron chi connectivity index (χ2n) is 16.9. The topological polar surface area (TPSA) is 185 Å². The summed E-state index contributed by atoms with van der Waals surface area (Å²) in [5, 5.41) is 21.1. The number of nitrogens with zero attached hydrogens (tertiary/aromatic N) is 7. The molecule has 1 amide bonds. The smallest absolute Gasteiger partial charge is 0.354 e. The fourth-order valence-corrected chi connectivity index (χ4v) is 9.30. The summed E-state index contributed by atoms with van der Waals surface area (Å²) >= 11 is 1.85. The van der Waals surface area contributed by atoms with Gasteiger partial charge in [-0.1, -0.05) is 67.4 Å². The number of rotatable bonds is 17. The molecule has 7 rings (SSSR count). The van der Waals surface area contributed by atoms with Crippen LogP contribution in [0.1, 0.15) is 72.4 Å². The first-order chi connectivity index (χ1) is 33.4. The van der Waals surface area contributed by atoms with Crippen LogP contribution < -0.4 is 4.90 Å². The van der Waals surface area contributed by atoms with Gasteiger partial charge in [0.25, 0.3) is 0 Å². The molecule has 2 aliphatic heterocycles. The number of thioether (sulfide) groups is 1. The number of ether oxygens (including phenoxy) is 4. The van der Waals surface area contributed by atoms with Gasteiger partial charge in [-0.25, -0.2) is 9.78 Å². The number of benzene rings is 2. The molecule has 1 atom stereocenters. The highest BCUT2D eigenvalue weighted by molar-refractivity contribution is 7.99. The van der Waals surface area contributed by atoms with Crippen molar-refractivity contribution in [2.75, 3.05) is 88.8 Å². The summed E-state index contributed by atoms with van der Waals surface area (Å²) < 4.78 is 24.6. The van der Waals surface area contributed by atoms with Crippen molar-refractivity contribution < 1.29 is 38.4 Å². The number of carbonyl (C=O) groups excluding carboxylic acids is 2. The Bertz CT molecular complexity index is 2340. The molecule has 1 saturated heterocycles. The van der Waals surface area contributed by atoms with Gasteiger partial charge in [-0.2, -0.15) is 27.2 Å². The van der Waals surface area contributed by atoms with Gasteiger partial charge in [0.2, 0.25) is 5.91 Å². The van der Waals surface area contributed by atoms with Crippen molar-refractivity contribution in [3.8, 4) is 22.5 Å². The van der Waals surface area contributed by atoms with Gasteiger partial charge in [-0.05, 0) is 54.5 Å². The molecular weight excluding hydrogens is 885 g/mol. The van der Waals surface area contributed by atoms with Gasteiger partial charge in [-0.3, -0.25) is 24.4 Å². The minimum atomic E-state index is -1.05. The Kier molecular flexibility index (Phi) is 20.5. The molecule has 0 saturated carbocycles. The zero-order valence-corrected chi connectivity index (χ0v) is 39.7. The minimum Gasteiger partial charge on any atom is -0.477 e. The van der Waals surface area contributed by atoms with Crippen molar-refractivity contribution in [2.45, 2.75) is 70.7 Å². The van der Waals surface area contributed by atoms with E-state index < -0.39 is 5.97 Å². The highest BCUT2D eigenvalue weighted by Crippen LogP contribution is 2.40. The van der Waals surface area contributed by atoms with Gasteiger partial charge in [0.05, 0.1) is 76.0 Å². The second kappa shape index (κ2) is 27.6. The predicted octanol–water partition coefficient (Wildman–Crippen LogP) is 6.96. The first-order valence-corrected chi connectivity index (χ1v) is 24.9. The van der Waals surface area contributed by atoms with Crippen molar-refractivity contribution in [3.05, 3.63) is 114 Å². The number of pyridine rings is 2. The fraction of sp³-hybridized carbons (Fsp3) is 0.471. The number of nitrogens with one attached hydrogen (secondary N) is 1. The van der Waals surface area contributed by atoms with Gasteiger partial charge in [-0.15, -0.1) is 0 Å². The van der Waals surface area contributed by atoms with Crippen LogP contribution in [0.5, 0.6) is 0 Å². The highest BCUT2D eigenvalue weighted by atomic mass is 32.2. The summed E-state index contributed by atoms with van der Waals surface area (Å²) in [7, 11) is 0. The molecule has 5 heterocycles. The zero-order chi connectivity index (χ0) is 47.2. The first-order valence-electron chi connectivity index (χ1n) is 23.8. The lowest BCUT2D eigenvalue weighted by Crippen LogP contribution is -2.35. The number of carboxylic acid groups (broad SMARTS) is 1. The number of hydrogen-bond donors (Lipinski definition) is 2. The number of aromatic carboxylic acids is 1. The van der Waals surface area contributed by atoms with Crippen LogP contribution in [-0.4, -0.2) is 148 Å². The van der Waals surface area contributed by atoms with Crippen LogP contribution in [0.15, 0.2) is 91.1 Å².